The number of nitrogens with two attached hydrogens (primary N) is 2. The minimum atomic E-state index is -0.711. The summed E-state index contributed by atoms with van der Waals surface area (Å²) in [7, 11) is 0. The van der Waals surface area contributed by atoms with Crippen LogP contribution in [0.25, 0.3) is 0 Å². The third-order valence-electron chi connectivity index (χ3n) is 1.40. The topological polar surface area (TPSA) is 145 Å². The van der Waals surface area contributed by atoms with Gasteiger partial charge in [-0.05, 0) is 26.0 Å². The van der Waals surface area contributed by atoms with Gasteiger partial charge < -0.3 is 31.2 Å². The number of hydrogen-bond acceptors (Lipinski definition) is 6. The number of primary amides is 2. The maximum Gasteiger partial charge on any atom is 0.404 e. The number of phenols is 2. The van der Waals surface area contributed by atoms with Crippen molar-refractivity contribution >= 4 is 12.2 Å². The molecule has 0 aliphatic rings. The van der Waals surface area contributed by atoms with Crippen molar-refractivity contribution in [3.8, 4) is 11.5 Å². The molecular formula is C12H20N2O6. The highest BCUT2D eigenvalue weighted by Crippen LogP contribution is 2.14. The molecule has 6 N–H and O–H groups in total. The van der Waals surface area contributed by atoms with Gasteiger partial charge in [-0.3, -0.25) is 0 Å². The quantitative estimate of drug-likeness (QED) is 0.645. The zero-order valence-corrected chi connectivity index (χ0v) is 11.4. The first-order valence-electron chi connectivity index (χ1n) is 5.65. The Bertz CT molecular complexity index is 364. The van der Waals surface area contributed by atoms with E-state index in [1.54, 1.807) is 19.9 Å². The first-order valence-corrected chi connectivity index (χ1v) is 5.65. The number of amides is 2. The molecule has 114 valence electrons. The monoisotopic (exact) mass is 288 g/mol. The molecule has 0 atom stereocenters. The van der Waals surface area contributed by atoms with E-state index in [2.05, 4.69) is 20.9 Å². The lowest BCUT2D eigenvalue weighted by atomic mass is 10.3. The molecule has 1 aromatic rings. The van der Waals surface area contributed by atoms with Gasteiger partial charge in [-0.25, -0.2) is 9.59 Å². The highest BCUT2D eigenvalue weighted by molar-refractivity contribution is 5.64. The molecule has 0 bridgehead atoms. The Balaban J connectivity index is 0. The first kappa shape index (κ1) is 19.7. The van der Waals surface area contributed by atoms with Gasteiger partial charge in [0, 0.05) is 6.07 Å². The van der Waals surface area contributed by atoms with E-state index in [1.165, 1.54) is 18.2 Å². The number of rotatable bonds is 2. The van der Waals surface area contributed by atoms with Gasteiger partial charge in [0.05, 0.1) is 13.2 Å². The van der Waals surface area contributed by atoms with Crippen molar-refractivity contribution in [1.29, 1.82) is 0 Å². The van der Waals surface area contributed by atoms with Gasteiger partial charge in [-0.1, -0.05) is 6.07 Å². The van der Waals surface area contributed by atoms with Crippen LogP contribution < -0.4 is 11.5 Å². The number of carbonyl (C=O) groups excluding carboxylic acids is 2. The Morgan fingerprint density at radius 3 is 1.45 bits per heavy atom. The predicted octanol–water partition coefficient (Wildman–Crippen LogP) is 1.30. The second kappa shape index (κ2) is 12.8. The van der Waals surface area contributed by atoms with Gasteiger partial charge in [0.25, 0.3) is 0 Å². The van der Waals surface area contributed by atoms with Crippen LogP contribution in [0.2, 0.25) is 0 Å². The molecule has 0 aromatic heterocycles. The number of hydrogen-bond donors (Lipinski definition) is 4. The molecule has 1 rings (SSSR count). The minimum Gasteiger partial charge on any atom is -0.508 e. The molecule has 0 fully saturated rings. The fourth-order valence-corrected chi connectivity index (χ4v) is 0.778. The minimum absolute atomic E-state index is 0.0880. The van der Waals surface area contributed by atoms with E-state index >= 15 is 0 Å². The fourth-order valence-electron chi connectivity index (χ4n) is 0.778. The molecule has 20 heavy (non-hydrogen) atoms. The lowest BCUT2D eigenvalue weighted by Crippen LogP contribution is -2.11. The van der Waals surface area contributed by atoms with Crippen molar-refractivity contribution in [3.63, 3.8) is 0 Å². The predicted molar refractivity (Wildman–Crippen MR) is 72.2 cm³/mol. The molecule has 0 saturated heterocycles. The van der Waals surface area contributed by atoms with Crippen molar-refractivity contribution < 1.29 is 29.3 Å². The molecule has 0 saturated carbocycles. The van der Waals surface area contributed by atoms with Crippen molar-refractivity contribution in [2.75, 3.05) is 13.2 Å². The molecule has 0 aliphatic heterocycles. The molecule has 1 aromatic carbocycles. The lowest BCUT2D eigenvalue weighted by molar-refractivity contribution is 0.162. The van der Waals surface area contributed by atoms with Crippen molar-refractivity contribution in [3.05, 3.63) is 24.3 Å². The van der Waals surface area contributed by atoms with E-state index in [0.29, 0.717) is 13.2 Å². The number of benzene rings is 1. The van der Waals surface area contributed by atoms with Crippen LogP contribution in [0.5, 0.6) is 11.5 Å². The zero-order valence-electron chi connectivity index (χ0n) is 11.4. The molecule has 0 unspecified atom stereocenters. The van der Waals surface area contributed by atoms with E-state index in [-0.39, 0.29) is 11.5 Å². The lowest BCUT2D eigenvalue weighted by Gasteiger charge is -1.89. The highest BCUT2D eigenvalue weighted by Gasteiger charge is 1.85. The summed E-state index contributed by atoms with van der Waals surface area (Å²) in [6.07, 6.45) is -1.42. The van der Waals surface area contributed by atoms with Gasteiger partial charge in [0.15, 0.2) is 0 Å². The Kier molecular flexibility index (Phi) is 12.6. The molecule has 0 radical (unpaired) electrons. The van der Waals surface area contributed by atoms with Gasteiger partial charge in [-0.15, -0.1) is 0 Å². The van der Waals surface area contributed by atoms with Crippen LogP contribution in [0.3, 0.4) is 0 Å². The molecule has 0 spiro atoms. The van der Waals surface area contributed by atoms with Crippen LogP contribution in [0.1, 0.15) is 13.8 Å². The smallest absolute Gasteiger partial charge is 0.404 e. The standard InChI is InChI=1S/C6H6O2.2C3H7NO2/c7-5-2-1-3-6(8)4-5;2*1-2-6-3(4)5/h1-4,7-8H;2*2H2,1H3,(H2,4,5). The first-order chi connectivity index (χ1) is 9.33. The zero-order chi connectivity index (χ0) is 16.0. The second-order valence-electron chi connectivity index (χ2n) is 3.02. The van der Waals surface area contributed by atoms with Gasteiger partial charge >= 0.3 is 12.2 Å². The number of carbonyl (C=O) groups is 2. The van der Waals surface area contributed by atoms with Crippen LogP contribution in [-0.2, 0) is 9.47 Å². The highest BCUT2D eigenvalue weighted by atomic mass is 16.5. The summed E-state index contributed by atoms with van der Waals surface area (Å²) in [5.41, 5.74) is 9.08. The summed E-state index contributed by atoms with van der Waals surface area (Å²) in [6.45, 7) is 4.11. The SMILES string of the molecule is CCOC(N)=O.CCOC(N)=O.Oc1cccc(O)c1. The normalized spacial score (nSPS) is 8.10. The third-order valence-corrected chi connectivity index (χ3v) is 1.40. The Hall–Kier alpha value is -2.64. The summed E-state index contributed by atoms with van der Waals surface area (Å²) in [5.74, 6) is 0.176. The maximum atomic E-state index is 9.60. The molecule has 8 heteroatoms. The number of phenolic OH excluding ortho intramolecular Hbond substituents is 2. The Labute approximate surface area is 116 Å². The van der Waals surface area contributed by atoms with E-state index in [0.717, 1.165) is 0 Å². The largest absolute Gasteiger partial charge is 0.508 e. The van der Waals surface area contributed by atoms with Crippen molar-refractivity contribution in [2.24, 2.45) is 11.5 Å². The fraction of sp³-hybridized carbons (Fsp3) is 0.333. The van der Waals surface area contributed by atoms with Crippen LogP contribution >= 0.6 is 0 Å². The van der Waals surface area contributed by atoms with Crippen molar-refractivity contribution in [1.82, 2.24) is 0 Å². The molecule has 2 amide bonds. The molecule has 0 heterocycles. The average Bonchev–Trinajstić information content (AvgIpc) is 2.29. The Morgan fingerprint density at radius 1 is 1.00 bits per heavy atom. The van der Waals surface area contributed by atoms with E-state index in [4.69, 9.17) is 10.2 Å². The Morgan fingerprint density at radius 2 is 1.35 bits per heavy atom. The summed E-state index contributed by atoms with van der Waals surface area (Å²) in [4.78, 5) is 19.2. The average molecular weight is 288 g/mol. The van der Waals surface area contributed by atoms with Gasteiger partial charge in [0.2, 0.25) is 0 Å². The number of aromatic hydroxyl groups is 2. The van der Waals surface area contributed by atoms with E-state index in [9.17, 15) is 9.59 Å². The summed E-state index contributed by atoms with van der Waals surface area (Å²) in [5, 5.41) is 17.3. The van der Waals surface area contributed by atoms with E-state index in [1.807, 2.05) is 0 Å². The summed E-state index contributed by atoms with van der Waals surface area (Å²) < 4.78 is 8.36. The molecular weight excluding hydrogens is 268 g/mol. The van der Waals surface area contributed by atoms with Crippen LogP contribution in [0.15, 0.2) is 24.3 Å². The van der Waals surface area contributed by atoms with Gasteiger partial charge in [0.1, 0.15) is 11.5 Å². The van der Waals surface area contributed by atoms with E-state index < -0.39 is 12.2 Å². The van der Waals surface area contributed by atoms with Crippen LogP contribution in [-0.4, -0.2) is 35.6 Å². The third kappa shape index (κ3) is 17.7. The van der Waals surface area contributed by atoms with Crippen LogP contribution in [0.4, 0.5) is 9.59 Å². The second-order valence-corrected chi connectivity index (χ2v) is 3.02. The summed E-state index contributed by atoms with van der Waals surface area (Å²) >= 11 is 0. The molecule has 0 aliphatic carbocycles. The number of ether oxygens (including phenoxy) is 2. The van der Waals surface area contributed by atoms with Crippen molar-refractivity contribution in [2.45, 2.75) is 13.8 Å². The summed E-state index contributed by atoms with van der Waals surface area (Å²) in [6, 6.07) is 5.85. The maximum absolute atomic E-state index is 9.60. The molecule has 8 nitrogen and oxygen atoms in total. The van der Waals surface area contributed by atoms with Gasteiger partial charge in [-0.2, -0.15) is 0 Å². The van der Waals surface area contributed by atoms with Crippen LogP contribution in [0, 0.1) is 0 Å².